The molecule has 1 amide bonds. The van der Waals surface area contributed by atoms with Crippen molar-refractivity contribution >= 4 is 34.8 Å². The van der Waals surface area contributed by atoms with Crippen LogP contribution in [-0.4, -0.2) is 23.0 Å². The number of aromatic nitrogens is 2. The Morgan fingerprint density at radius 2 is 1.75 bits per heavy atom. The van der Waals surface area contributed by atoms with Gasteiger partial charge in [0.2, 0.25) is 5.95 Å². The molecule has 144 valence electrons. The Hall–Kier alpha value is -3.12. The van der Waals surface area contributed by atoms with Gasteiger partial charge in [0.05, 0.1) is 18.4 Å². The average Bonchev–Trinajstić information content (AvgIpc) is 2.69. The van der Waals surface area contributed by atoms with E-state index in [2.05, 4.69) is 46.6 Å². The second-order valence-corrected chi connectivity index (χ2v) is 6.93. The van der Waals surface area contributed by atoms with Gasteiger partial charge in [-0.3, -0.25) is 4.79 Å². The summed E-state index contributed by atoms with van der Waals surface area (Å²) < 4.78 is 5.23. The van der Waals surface area contributed by atoms with Crippen molar-refractivity contribution in [3.63, 3.8) is 0 Å². The molecule has 1 aromatic heterocycles. The number of benzene rings is 2. The molecule has 0 spiro atoms. The van der Waals surface area contributed by atoms with Crippen molar-refractivity contribution in [3.05, 3.63) is 71.0 Å². The van der Waals surface area contributed by atoms with E-state index in [-0.39, 0.29) is 5.91 Å². The molecule has 2 N–H and O–H groups in total. The molecule has 0 bridgehead atoms. The van der Waals surface area contributed by atoms with E-state index in [1.54, 1.807) is 18.2 Å². The first kappa shape index (κ1) is 19.6. The minimum atomic E-state index is -0.353. The van der Waals surface area contributed by atoms with Gasteiger partial charge in [0.15, 0.2) is 0 Å². The first-order valence-corrected chi connectivity index (χ1v) is 9.18. The molecule has 3 aromatic rings. The van der Waals surface area contributed by atoms with E-state index in [1.807, 2.05) is 12.1 Å². The molecule has 0 aliphatic rings. The van der Waals surface area contributed by atoms with Crippen LogP contribution in [0, 0.1) is 0 Å². The molecule has 7 heteroatoms. The summed E-state index contributed by atoms with van der Waals surface area (Å²) in [7, 11) is 1.52. The molecule has 0 saturated carbocycles. The smallest absolute Gasteiger partial charge is 0.258 e. The van der Waals surface area contributed by atoms with Crippen LogP contribution in [0.1, 0.15) is 35.7 Å². The van der Waals surface area contributed by atoms with Crippen LogP contribution in [0.15, 0.2) is 54.9 Å². The van der Waals surface area contributed by atoms with Crippen LogP contribution >= 0.6 is 11.6 Å². The predicted octanol–water partition coefficient (Wildman–Crippen LogP) is 5.26. The Balaban J connectivity index is 1.68. The number of hydrogen-bond donors (Lipinski definition) is 2. The maximum atomic E-state index is 12.5. The van der Waals surface area contributed by atoms with Crippen LogP contribution in [0.4, 0.5) is 17.3 Å². The lowest BCUT2D eigenvalue weighted by Crippen LogP contribution is -2.13. The molecule has 28 heavy (non-hydrogen) atoms. The summed E-state index contributed by atoms with van der Waals surface area (Å²) in [5.41, 5.74) is 2.94. The van der Waals surface area contributed by atoms with Crippen LogP contribution in [0.25, 0.3) is 0 Å². The molecule has 3 rings (SSSR count). The second kappa shape index (κ2) is 8.71. The number of anilines is 3. The third-order valence-electron chi connectivity index (χ3n) is 4.16. The Bertz CT molecular complexity index is 957. The molecule has 0 aliphatic carbocycles. The van der Waals surface area contributed by atoms with Crippen molar-refractivity contribution in [1.29, 1.82) is 0 Å². The number of nitrogens with zero attached hydrogens (tertiary/aromatic N) is 2. The zero-order valence-electron chi connectivity index (χ0n) is 15.9. The van der Waals surface area contributed by atoms with Crippen LogP contribution in [0.3, 0.4) is 0 Å². The highest BCUT2D eigenvalue weighted by atomic mass is 35.5. The van der Waals surface area contributed by atoms with Crippen LogP contribution in [0.2, 0.25) is 5.02 Å². The zero-order valence-corrected chi connectivity index (χ0v) is 16.6. The first-order valence-electron chi connectivity index (χ1n) is 8.80. The summed E-state index contributed by atoms with van der Waals surface area (Å²) in [4.78, 5) is 20.9. The first-order chi connectivity index (χ1) is 13.5. The topological polar surface area (TPSA) is 76.1 Å². The van der Waals surface area contributed by atoms with Gasteiger partial charge in [-0.15, -0.1) is 0 Å². The van der Waals surface area contributed by atoms with Gasteiger partial charge in [-0.1, -0.05) is 37.6 Å². The highest BCUT2D eigenvalue weighted by Gasteiger charge is 2.12. The van der Waals surface area contributed by atoms with Crippen molar-refractivity contribution in [2.75, 3.05) is 17.7 Å². The van der Waals surface area contributed by atoms with Crippen molar-refractivity contribution in [2.24, 2.45) is 0 Å². The third kappa shape index (κ3) is 4.78. The van der Waals surface area contributed by atoms with Gasteiger partial charge in [0.1, 0.15) is 5.75 Å². The largest absolute Gasteiger partial charge is 0.495 e. The molecule has 0 saturated heterocycles. The fourth-order valence-corrected chi connectivity index (χ4v) is 2.73. The maximum absolute atomic E-state index is 12.5. The van der Waals surface area contributed by atoms with Crippen molar-refractivity contribution < 1.29 is 9.53 Å². The highest BCUT2D eigenvalue weighted by Crippen LogP contribution is 2.28. The number of carbonyl (C=O) groups is 1. The lowest BCUT2D eigenvalue weighted by molar-refractivity contribution is 0.102. The van der Waals surface area contributed by atoms with Gasteiger partial charge in [-0.05, 0) is 41.8 Å². The van der Waals surface area contributed by atoms with E-state index in [4.69, 9.17) is 16.3 Å². The molecule has 0 aliphatic heterocycles. The van der Waals surface area contributed by atoms with Gasteiger partial charge in [-0.25, -0.2) is 9.97 Å². The molecule has 1 heterocycles. The van der Waals surface area contributed by atoms with Crippen LogP contribution in [-0.2, 0) is 0 Å². The standard InChI is InChI=1S/C21H21ClN4O2/c1-13(2)14-4-7-17(8-5-14)25-21-23-11-15(12-24-21)20(27)26-18-10-16(22)6-9-19(18)28-3/h4-13H,1-3H3,(H,26,27)(H,23,24,25). The molecule has 0 radical (unpaired) electrons. The highest BCUT2D eigenvalue weighted by molar-refractivity contribution is 6.31. The predicted molar refractivity (Wildman–Crippen MR) is 112 cm³/mol. The lowest BCUT2D eigenvalue weighted by atomic mass is 10.0. The zero-order chi connectivity index (χ0) is 20.1. The molecule has 6 nitrogen and oxygen atoms in total. The fourth-order valence-electron chi connectivity index (χ4n) is 2.56. The minimum Gasteiger partial charge on any atom is -0.495 e. The summed E-state index contributed by atoms with van der Waals surface area (Å²) in [6, 6.07) is 13.1. The van der Waals surface area contributed by atoms with Crippen molar-refractivity contribution in [2.45, 2.75) is 19.8 Å². The Morgan fingerprint density at radius 3 is 2.36 bits per heavy atom. The van der Waals surface area contributed by atoms with Gasteiger partial charge in [0, 0.05) is 23.1 Å². The van der Waals surface area contributed by atoms with E-state index in [1.165, 1.54) is 25.1 Å². The van der Waals surface area contributed by atoms with Gasteiger partial charge >= 0.3 is 0 Å². The summed E-state index contributed by atoms with van der Waals surface area (Å²) in [5.74, 6) is 1.05. The molecule has 0 fully saturated rings. The van der Waals surface area contributed by atoms with Crippen LogP contribution in [0.5, 0.6) is 5.75 Å². The van der Waals surface area contributed by atoms with Gasteiger partial charge in [0.25, 0.3) is 5.91 Å². The molecule has 0 unspecified atom stereocenters. The monoisotopic (exact) mass is 396 g/mol. The lowest BCUT2D eigenvalue weighted by Gasteiger charge is -2.11. The summed E-state index contributed by atoms with van der Waals surface area (Å²) >= 11 is 5.99. The summed E-state index contributed by atoms with van der Waals surface area (Å²) in [5, 5.41) is 6.37. The van der Waals surface area contributed by atoms with Gasteiger partial charge in [-0.2, -0.15) is 0 Å². The molecule has 0 atom stereocenters. The molecule has 2 aromatic carbocycles. The quantitative estimate of drug-likeness (QED) is 0.594. The average molecular weight is 397 g/mol. The maximum Gasteiger partial charge on any atom is 0.258 e. The SMILES string of the molecule is COc1ccc(Cl)cc1NC(=O)c1cnc(Nc2ccc(C(C)C)cc2)nc1. The Kier molecular flexibility index (Phi) is 6.11. The van der Waals surface area contributed by atoms with E-state index in [9.17, 15) is 4.79 Å². The minimum absolute atomic E-state index is 0.322. The Labute approximate surface area is 168 Å². The number of methoxy groups -OCH3 is 1. The number of halogens is 1. The third-order valence-corrected chi connectivity index (χ3v) is 4.39. The number of carbonyl (C=O) groups excluding carboxylic acids is 1. The molecular weight excluding hydrogens is 376 g/mol. The number of nitrogens with one attached hydrogen (secondary N) is 2. The summed E-state index contributed by atoms with van der Waals surface area (Å²) in [6.07, 6.45) is 2.92. The normalized spacial score (nSPS) is 10.6. The van der Waals surface area contributed by atoms with E-state index >= 15 is 0 Å². The van der Waals surface area contributed by atoms with E-state index in [0.29, 0.717) is 33.9 Å². The number of rotatable bonds is 6. The summed E-state index contributed by atoms with van der Waals surface area (Å²) in [6.45, 7) is 4.29. The second-order valence-electron chi connectivity index (χ2n) is 6.50. The van der Waals surface area contributed by atoms with Crippen LogP contribution < -0.4 is 15.4 Å². The van der Waals surface area contributed by atoms with Crippen molar-refractivity contribution in [3.8, 4) is 5.75 Å². The van der Waals surface area contributed by atoms with E-state index < -0.39 is 0 Å². The number of amides is 1. The van der Waals surface area contributed by atoms with Gasteiger partial charge < -0.3 is 15.4 Å². The number of hydrogen-bond acceptors (Lipinski definition) is 5. The van der Waals surface area contributed by atoms with Crippen molar-refractivity contribution in [1.82, 2.24) is 9.97 Å². The number of ether oxygens (including phenoxy) is 1. The Morgan fingerprint density at radius 1 is 1.07 bits per heavy atom. The van der Waals surface area contributed by atoms with E-state index in [0.717, 1.165) is 5.69 Å². The molecular formula is C21H21ClN4O2. The fraction of sp³-hybridized carbons (Fsp3) is 0.190.